The molecule has 2 aromatic rings. The second kappa shape index (κ2) is 6.97. The zero-order valence-corrected chi connectivity index (χ0v) is 18.1. The molecule has 6 nitrogen and oxygen atoms in total. The highest BCUT2D eigenvalue weighted by Crippen LogP contribution is 2.52. The number of likely N-dealkylation sites (tertiary alicyclic amines) is 1. The Labute approximate surface area is 182 Å². The Balaban J connectivity index is 1.42. The van der Waals surface area contributed by atoms with Crippen molar-refractivity contribution in [2.24, 2.45) is 5.92 Å². The van der Waals surface area contributed by atoms with Gasteiger partial charge in [0.2, 0.25) is 6.79 Å². The fraction of sp³-hybridized carbons (Fsp3) is 0.480. The van der Waals surface area contributed by atoms with E-state index >= 15 is 0 Å². The highest BCUT2D eigenvalue weighted by atomic mass is 16.7. The van der Waals surface area contributed by atoms with E-state index < -0.39 is 5.60 Å². The predicted molar refractivity (Wildman–Crippen MR) is 117 cm³/mol. The number of ether oxygens (including phenoxy) is 3. The lowest BCUT2D eigenvalue weighted by atomic mass is 9.82. The molecule has 0 saturated carbocycles. The van der Waals surface area contributed by atoms with E-state index in [9.17, 15) is 4.79 Å². The molecule has 0 N–H and O–H groups in total. The van der Waals surface area contributed by atoms with E-state index in [0.29, 0.717) is 30.1 Å². The number of nitrogens with zero attached hydrogens (tertiary/aromatic N) is 2. The molecule has 0 radical (unpaired) electrons. The summed E-state index contributed by atoms with van der Waals surface area (Å²) in [6.07, 6.45) is 1.94. The molecule has 4 aliphatic rings. The first kappa shape index (κ1) is 19.1. The standard InChI is InChI=1S/C25H28N2O4/c1-16(2)26-10-8-17(13-26)14-27-20-5-3-4-18-9-11-31-25(23(18)20,24(27)28)19-6-7-21-22(12-19)30-15-29-21/h3-7,12,16-17H,8-11,13-15H2,1-2H3. The third kappa shape index (κ3) is 2.74. The van der Waals surface area contributed by atoms with Crippen molar-refractivity contribution in [2.75, 3.05) is 37.9 Å². The van der Waals surface area contributed by atoms with Gasteiger partial charge in [0, 0.05) is 30.3 Å². The first-order chi connectivity index (χ1) is 15.1. The molecule has 162 valence electrons. The highest BCUT2D eigenvalue weighted by molar-refractivity contribution is 6.10. The number of rotatable bonds is 4. The van der Waals surface area contributed by atoms with E-state index in [1.165, 1.54) is 5.56 Å². The molecule has 2 aromatic carbocycles. The maximum atomic E-state index is 14.1. The minimum Gasteiger partial charge on any atom is -0.454 e. The summed E-state index contributed by atoms with van der Waals surface area (Å²) in [7, 11) is 0. The maximum Gasteiger partial charge on any atom is 0.268 e. The third-order valence-electron chi connectivity index (χ3n) is 7.28. The molecule has 2 unspecified atom stereocenters. The topological polar surface area (TPSA) is 51.2 Å². The molecule has 4 aliphatic heterocycles. The zero-order valence-electron chi connectivity index (χ0n) is 18.1. The molecule has 31 heavy (non-hydrogen) atoms. The first-order valence-corrected chi connectivity index (χ1v) is 11.3. The Bertz CT molecular complexity index is 1050. The van der Waals surface area contributed by atoms with E-state index in [2.05, 4.69) is 36.9 Å². The average Bonchev–Trinajstić information content (AvgIpc) is 3.49. The molecule has 1 amide bonds. The maximum absolute atomic E-state index is 14.1. The van der Waals surface area contributed by atoms with Gasteiger partial charge in [0.25, 0.3) is 5.91 Å². The molecule has 0 bridgehead atoms. The van der Waals surface area contributed by atoms with Gasteiger partial charge in [-0.15, -0.1) is 0 Å². The first-order valence-electron chi connectivity index (χ1n) is 11.3. The van der Waals surface area contributed by atoms with E-state index in [1.54, 1.807) is 0 Å². The molecule has 6 heteroatoms. The number of carbonyl (C=O) groups is 1. The number of anilines is 1. The van der Waals surface area contributed by atoms with Gasteiger partial charge in [-0.2, -0.15) is 0 Å². The molecular formula is C25H28N2O4. The second-order valence-corrected chi connectivity index (χ2v) is 9.32. The van der Waals surface area contributed by atoms with Crippen LogP contribution in [0, 0.1) is 5.92 Å². The Morgan fingerprint density at radius 1 is 1.16 bits per heavy atom. The van der Waals surface area contributed by atoms with Gasteiger partial charge in [-0.1, -0.05) is 18.2 Å². The van der Waals surface area contributed by atoms with Crippen LogP contribution in [0.3, 0.4) is 0 Å². The smallest absolute Gasteiger partial charge is 0.268 e. The second-order valence-electron chi connectivity index (χ2n) is 9.32. The normalized spacial score (nSPS) is 26.7. The van der Waals surface area contributed by atoms with E-state index in [1.807, 2.05) is 23.1 Å². The Hall–Kier alpha value is -2.57. The number of amides is 1. The van der Waals surface area contributed by atoms with E-state index in [0.717, 1.165) is 49.3 Å². The van der Waals surface area contributed by atoms with Gasteiger partial charge in [-0.25, -0.2) is 0 Å². The van der Waals surface area contributed by atoms with Crippen LogP contribution in [0.5, 0.6) is 11.5 Å². The van der Waals surface area contributed by atoms with Crippen LogP contribution in [0.1, 0.15) is 37.0 Å². The molecule has 6 rings (SSSR count). The van der Waals surface area contributed by atoms with Crippen molar-refractivity contribution in [1.29, 1.82) is 0 Å². The molecule has 0 aromatic heterocycles. The summed E-state index contributed by atoms with van der Waals surface area (Å²) in [5, 5.41) is 0. The van der Waals surface area contributed by atoms with Crippen LogP contribution in [0.2, 0.25) is 0 Å². The van der Waals surface area contributed by atoms with Crippen LogP contribution in [-0.4, -0.2) is 49.9 Å². The van der Waals surface area contributed by atoms with Gasteiger partial charge in [-0.3, -0.25) is 4.79 Å². The van der Waals surface area contributed by atoms with Crippen molar-refractivity contribution < 1.29 is 19.0 Å². The van der Waals surface area contributed by atoms with Gasteiger partial charge in [0.15, 0.2) is 17.1 Å². The Morgan fingerprint density at radius 2 is 2.03 bits per heavy atom. The van der Waals surface area contributed by atoms with E-state index in [4.69, 9.17) is 14.2 Å². The van der Waals surface area contributed by atoms with Crippen molar-refractivity contribution in [3.8, 4) is 11.5 Å². The summed E-state index contributed by atoms with van der Waals surface area (Å²) >= 11 is 0. The molecular weight excluding hydrogens is 392 g/mol. The van der Waals surface area contributed by atoms with Crippen LogP contribution < -0.4 is 14.4 Å². The lowest BCUT2D eigenvalue weighted by molar-refractivity contribution is -0.139. The molecule has 2 atom stereocenters. The van der Waals surface area contributed by atoms with Crippen LogP contribution in [-0.2, 0) is 21.6 Å². The number of fused-ring (bicyclic) bond motifs is 1. The zero-order chi connectivity index (χ0) is 21.2. The quantitative estimate of drug-likeness (QED) is 0.760. The number of carbonyl (C=O) groups excluding carboxylic acids is 1. The molecule has 0 spiro atoms. The van der Waals surface area contributed by atoms with Gasteiger partial charge in [-0.05, 0) is 62.9 Å². The lowest BCUT2D eigenvalue weighted by Crippen LogP contribution is -2.46. The summed E-state index contributed by atoms with van der Waals surface area (Å²) in [6, 6.07) is 12.6. The van der Waals surface area contributed by atoms with Crippen LogP contribution in [0.15, 0.2) is 36.4 Å². The summed E-state index contributed by atoms with van der Waals surface area (Å²) in [6.45, 7) is 8.08. The summed E-state index contributed by atoms with van der Waals surface area (Å²) < 4.78 is 17.5. The molecule has 1 saturated heterocycles. The summed E-state index contributed by atoms with van der Waals surface area (Å²) in [5.41, 5.74) is 2.95. The van der Waals surface area contributed by atoms with E-state index in [-0.39, 0.29) is 12.7 Å². The van der Waals surface area contributed by atoms with Crippen LogP contribution in [0.25, 0.3) is 0 Å². The lowest BCUT2D eigenvalue weighted by Gasteiger charge is -2.34. The Morgan fingerprint density at radius 3 is 2.87 bits per heavy atom. The largest absolute Gasteiger partial charge is 0.454 e. The minimum absolute atomic E-state index is 0.0245. The predicted octanol–water partition coefficient (Wildman–Crippen LogP) is 3.31. The van der Waals surface area contributed by atoms with Crippen molar-refractivity contribution in [3.63, 3.8) is 0 Å². The summed E-state index contributed by atoms with van der Waals surface area (Å²) in [5.74, 6) is 1.88. The van der Waals surface area contributed by atoms with Gasteiger partial charge in [0.05, 0.1) is 12.3 Å². The van der Waals surface area contributed by atoms with Crippen LogP contribution >= 0.6 is 0 Å². The SMILES string of the molecule is CC(C)N1CCC(CN2C(=O)C3(c4ccc5c(c4)OCO5)OCCc4cccc2c43)C1. The van der Waals surface area contributed by atoms with Crippen molar-refractivity contribution in [1.82, 2.24) is 4.90 Å². The molecule has 0 aliphatic carbocycles. The van der Waals surface area contributed by atoms with Crippen molar-refractivity contribution in [3.05, 3.63) is 53.1 Å². The summed E-state index contributed by atoms with van der Waals surface area (Å²) in [4.78, 5) is 18.6. The van der Waals surface area contributed by atoms with Gasteiger partial charge >= 0.3 is 0 Å². The third-order valence-corrected chi connectivity index (χ3v) is 7.28. The Kier molecular flexibility index (Phi) is 4.30. The van der Waals surface area contributed by atoms with Gasteiger partial charge < -0.3 is 24.0 Å². The van der Waals surface area contributed by atoms with Crippen molar-refractivity contribution >= 4 is 11.6 Å². The average molecular weight is 421 g/mol. The fourth-order valence-electron chi connectivity index (χ4n) is 5.67. The number of hydrogen-bond donors (Lipinski definition) is 0. The highest BCUT2D eigenvalue weighted by Gasteiger charge is 2.56. The molecule has 1 fully saturated rings. The van der Waals surface area contributed by atoms with Crippen molar-refractivity contribution in [2.45, 2.75) is 38.3 Å². The fourth-order valence-corrected chi connectivity index (χ4v) is 5.67. The monoisotopic (exact) mass is 420 g/mol. The van der Waals surface area contributed by atoms with Crippen LogP contribution in [0.4, 0.5) is 5.69 Å². The number of hydrogen-bond acceptors (Lipinski definition) is 5. The minimum atomic E-state index is -1.10. The van der Waals surface area contributed by atoms with Gasteiger partial charge in [0.1, 0.15) is 0 Å². The molecule has 4 heterocycles. The number of benzene rings is 2.